The van der Waals surface area contributed by atoms with Crippen LogP contribution < -0.4 is 5.32 Å². The zero-order valence-electron chi connectivity index (χ0n) is 20.6. The van der Waals surface area contributed by atoms with E-state index >= 15 is 0 Å². The van der Waals surface area contributed by atoms with Crippen molar-refractivity contribution in [3.63, 3.8) is 0 Å². The van der Waals surface area contributed by atoms with Crippen LogP contribution in [0.15, 0.2) is 23.5 Å². The molecule has 1 aromatic carbocycles. The minimum absolute atomic E-state index is 0.0494. The van der Waals surface area contributed by atoms with Gasteiger partial charge in [0, 0.05) is 22.9 Å². The SMILES string of the molecule is CO/N=C1\C[C@@H](CCCC(=O)Nc2ncc(C)s2)C2C3CCc4c(ccc(O)c4I)C3CC[C@]12C. The van der Waals surface area contributed by atoms with Crippen molar-refractivity contribution in [3.05, 3.63) is 37.9 Å². The Morgan fingerprint density at radius 3 is 2.97 bits per heavy atom. The summed E-state index contributed by atoms with van der Waals surface area (Å²) >= 11 is 3.82. The third-order valence-corrected chi connectivity index (χ3v) is 10.8. The van der Waals surface area contributed by atoms with Gasteiger partial charge in [-0.1, -0.05) is 18.1 Å². The number of carbonyl (C=O) groups excluding carboxylic acids is 1. The van der Waals surface area contributed by atoms with Gasteiger partial charge in [-0.15, -0.1) is 11.3 Å². The maximum Gasteiger partial charge on any atom is 0.226 e. The van der Waals surface area contributed by atoms with Gasteiger partial charge in [0.15, 0.2) is 5.13 Å². The van der Waals surface area contributed by atoms with E-state index < -0.39 is 0 Å². The molecule has 0 spiro atoms. The lowest BCUT2D eigenvalue weighted by molar-refractivity contribution is -0.116. The predicted octanol–water partition coefficient (Wildman–Crippen LogP) is 6.66. The van der Waals surface area contributed by atoms with E-state index in [4.69, 9.17) is 4.84 Å². The van der Waals surface area contributed by atoms with E-state index in [2.05, 4.69) is 51.0 Å². The maximum absolute atomic E-state index is 12.5. The van der Waals surface area contributed by atoms with E-state index in [1.54, 1.807) is 13.3 Å². The van der Waals surface area contributed by atoms with Gasteiger partial charge >= 0.3 is 0 Å². The standard InChI is InChI=1S/C27H34IN3O3S/c1-15-14-29-26(35-15)30-23(33)6-4-5-16-13-22(31-34-3)27(2)12-11-18-17-9-10-21(32)25(28)20(17)8-7-19(18)24(16)27/h9-10,14,16,18-19,24,32H,4-8,11-13H2,1-3H3,(H,29,30,33)/b31-22+/t16-,18?,19?,24?,27-/m1/s1. The molecule has 5 rings (SSSR count). The summed E-state index contributed by atoms with van der Waals surface area (Å²) in [6, 6.07) is 4.05. The molecule has 0 radical (unpaired) electrons. The molecular weight excluding hydrogens is 573 g/mol. The molecule has 2 fully saturated rings. The molecule has 1 amide bonds. The first-order valence-electron chi connectivity index (χ1n) is 12.6. The summed E-state index contributed by atoms with van der Waals surface area (Å²) in [7, 11) is 1.65. The normalized spacial score (nSPS) is 30.5. The summed E-state index contributed by atoms with van der Waals surface area (Å²) < 4.78 is 1.03. The minimum Gasteiger partial charge on any atom is -0.507 e. The molecule has 35 heavy (non-hydrogen) atoms. The summed E-state index contributed by atoms with van der Waals surface area (Å²) in [6.45, 7) is 4.40. The van der Waals surface area contributed by atoms with Crippen molar-refractivity contribution in [2.75, 3.05) is 12.4 Å². The minimum atomic E-state index is 0.0494. The van der Waals surface area contributed by atoms with E-state index in [9.17, 15) is 9.90 Å². The number of carbonyl (C=O) groups is 1. The van der Waals surface area contributed by atoms with Gasteiger partial charge in [-0.25, -0.2) is 4.98 Å². The van der Waals surface area contributed by atoms with Crippen LogP contribution in [0.4, 0.5) is 5.13 Å². The molecule has 0 bridgehead atoms. The molecule has 0 saturated heterocycles. The molecule has 2 aromatic rings. The Balaban J connectivity index is 1.33. The number of aryl methyl sites for hydroxylation is 1. The smallest absolute Gasteiger partial charge is 0.226 e. The second-order valence-corrected chi connectivity index (χ2v) is 13.0. The predicted molar refractivity (Wildman–Crippen MR) is 148 cm³/mol. The fraction of sp³-hybridized carbons (Fsp3) is 0.593. The van der Waals surface area contributed by atoms with Crippen molar-refractivity contribution in [2.24, 2.45) is 28.3 Å². The lowest BCUT2D eigenvalue weighted by Crippen LogP contribution is -2.44. The van der Waals surface area contributed by atoms with E-state index in [0.29, 0.717) is 41.0 Å². The topological polar surface area (TPSA) is 83.8 Å². The number of aromatic hydroxyl groups is 1. The third-order valence-electron chi connectivity index (χ3n) is 8.75. The molecule has 2 N–H and O–H groups in total. The van der Waals surface area contributed by atoms with Gasteiger partial charge in [0.05, 0.1) is 9.28 Å². The highest BCUT2D eigenvalue weighted by atomic mass is 127. The summed E-state index contributed by atoms with van der Waals surface area (Å²) in [5, 5.41) is 18.4. The van der Waals surface area contributed by atoms with Gasteiger partial charge in [-0.3, -0.25) is 4.79 Å². The summed E-state index contributed by atoms with van der Waals surface area (Å²) in [5.41, 5.74) is 4.07. The Kier molecular flexibility index (Phi) is 7.14. The van der Waals surface area contributed by atoms with Crippen molar-refractivity contribution in [3.8, 4) is 5.75 Å². The molecular formula is C27H34IN3O3S. The summed E-state index contributed by atoms with van der Waals surface area (Å²) in [6.07, 6.45) is 9.60. The van der Waals surface area contributed by atoms with Crippen LogP contribution >= 0.6 is 33.9 Å². The zero-order chi connectivity index (χ0) is 24.7. The number of hydrogen-bond donors (Lipinski definition) is 2. The molecule has 188 valence electrons. The maximum atomic E-state index is 12.5. The van der Waals surface area contributed by atoms with Gasteiger partial charge in [-0.05, 0) is 115 Å². The molecule has 5 atom stereocenters. The number of fused-ring (bicyclic) bond motifs is 5. The monoisotopic (exact) mass is 607 g/mol. The van der Waals surface area contributed by atoms with Crippen molar-refractivity contribution in [1.82, 2.24) is 4.98 Å². The number of oxime groups is 1. The Morgan fingerprint density at radius 2 is 2.23 bits per heavy atom. The fourth-order valence-corrected chi connectivity index (χ4v) is 8.77. The Bertz CT molecular complexity index is 1150. The van der Waals surface area contributed by atoms with Crippen LogP contribution in [0, 0.1) is 33.7 Å². The lowest BCUT2D eigenvalue weighted by atomic mass is 9.54. The van der Waals surface area contributed by atoms with Crippen LogP contribution in [-0.2, 0) is 16.1 Å². The van der Waals surface area contributed by atoms with E-state index in [0.717, 1.165) is 53.4 Å². The average molecular weight is 608 g/mol. The molecule has 1 heterocycles. The molecule has 2 saturated carbocycles. The lowest BCUT2D eigenvalue weighted by Gasteiger charge is -2.50. The zero-order valence-corrected chi connectivity index (χ0v) is 23.6. The highest BCUT2D eigenvalue weighted by Crippen LogP contribution is 2.62. The van der Waals surface area contributed by atoms with Crippen molar-refractivity contribution < 1.29 is 14.7 Å². The van der Waals surface area contributed by atoms with E-state index in [1.165, 1.54) is 28.2 Å². The van der Waals surface area contributed by atoms with E-state index in [-0.39, 0.29) is 11.3 Å². The molecule has 6 nitrogen and oxygen atoms in total. The van der Waals surface area contributed by atoms with Crippen LogP contribution in [0.1, 0.15) is 73.8 Å². The average Bonchev–Trinajstić information content (AvgIpc) is 3.36. The number of hydrogen-bond acceptors (Lipinski definition) is 6. The number of nitrogens with one attached hydrogen (secondary N) is 1. The number of halogens is 1. The number of rotatable bonds is 6. The first kappa shape index (κ1) is 25.0. The summed E-state index contributed by atoms with van der Waals surface area (Å²) in [4.78, 5) is 23.2. The van der Waals surface area contributed by atoms with Crippen LogP contribution in [0.2, 0.25) is 0 Å². The van der Waals surface area contributed by atoms with Crippen LogP contribution in [0.5, 0.6) is 5.75 Å². The van der Waals surface area contributed by atoms with Gasteiger partial charge in [-0.2, -0.15) is 0 Å². The van der Waals surface area contributed by atoms with Crippen molar-refractivity contribution in [1.29, 1.82) is 0 Å². The Hall–Kier alpha value is -1.68. The van der Waals surface area contributed by atoms with Crippen LogP contribution in [-0.4, -0.2) is 28.8 Å². The molecule has 3 aliphatic carbocycles. The number of anilines is 1. The second-order valence-electron chi connectivity index (χ2n) is 10.7. The first-order chi connectivity index (χ1) is 16.8. The number of phenols is 1. The number of phenolic OH excluding ortho intramolecular Hbond substituents is 1. The quantitative estimate of drug-likeness (QED) is 0.285. The molecule has 8 heteroatoms. The molecule has 3 aliphatic rings. The van der Waals surface area contributed by atoms with Gasteiger partial charge < -0.3 is 15.3 Å². The second kappa shape index (κ2) is 10.00. The van der Waals surface area contributed by atoms with Gasteiger partial charge in [0.1, 0.15) is 12.9 Å². The molecule has 0 aliphatic heterocycles. The number of nitrogens with zero attached hydrogens (tertiary/aromatic N) is 2. The van der Waals surface area contributed by atoms with Crippen molar-refractivity contribution >= 4 is 50.7 Å². The van der Waals surface area contributed by atoms with Gasteiger partial charge in [0.2, 0.25) is 5.91 Å². The Labute approximate surface area is 225 Å². The van der Waals surface area contributed by atoms with E-state index in [1.807, 2.05) is 13.0 Å². The summed E-state index contributed by atoms with van der Waals surface area (Å²) in [5.74, 6) is 2.64. The number of benzene rings is 1. The number of amides is 1. The third kappa shape index (κ3) is 4.61. The van der Waals surface area contributed by atoms with Crippen LogP contribution in [0.25, 0.3) is 0 Å². The van der Waals surface area contributed by atoms with Crippen LogP contribution in [0.3, 0.4) is 0 Å². The fourth-order valence-electron chi connectivity index (χ4n) is 7.33. The number of thiazole rings is 1. The largest absolute Gasteiger partial charge is 0.507 e. The first-order valence-corrected chi connectivity index (χ1v) is 14.5. The molecule has 3 unspecified atom stereocenters. The van der Waals surface area contributed by atoms with Gasteiger partial charge in [0.25, 0.3) is 0 Å². The van der Waals surface area contributed by atoms with Crippen molar-refractivity contribution in [2.45, 2.75) is 71.1 Å². The highest BCUT2D eigenvalue weighted by molar-refractivity contribution is 14.1. The molecule has 1 aromatic heterocycles. The number of aromatic nitrogens is 1. The Morgan fingerprint density at radius 1 is 1.40 bits per heavy atom. The highest BCUT2D eigenvalue weighted by Gasteiger charge is 2.57.